The van der Waals surface area contributed by atoms with Crippen LogP contribution in [0.4, 0.5) is 0 Å². The zero-order chi connectivity index (χ0) is 19.8. The molecule has 1 heterocycles. The van der Waals surface area contributed by atoms with Crippen LogP contribution < -0.4 is 10.1 Å². The van der Waals surface area contributed by atoms with E-state index in [1.54, 1.807) is 0 Å². The van der Waals surface area contributed by atoms with Crippen LogP contribution in [0.2, 0.25) is 0 Å². The van der Waals surface area contributed by atoms with Crippen molar-refractivity contribution in [2.24, 2.45) is 0 Å². The highest BCUT2D eigenvalue weighted by molar-refractivity contribution is 5.87. The van der Waals surface area contributed by atoms with Gasteiger partial charge in [-0.3, -0.25) is 4.79 Å². The number of benzene rings is 2. The first-order valence-electron chi connectivity index (χ1n) is 10.1. The van der Waals surface area contributed by atoms with Crippen molar-refractivity contribution < 1.29 is 9.53 Å². The van der Waals surface area contributed by atoms with Crippen LogP contribution in [-0.4, -0.2) is 23.0 Å². The minimum atomic E-state index is -0.530. The van der Waals surface area contributed by atoms with Gasteiger partial charge >= 0.3 is 0 Å². The molecule has 2 atom stereocenters. The zero-order valence-corrected chi connectivity index (χ0v) is 17.0. The molecular weight excluding hydrogens is 348 g/mol. The Morgan fingerprint density at radius 1 is 1.14 bits per heavy atom. The smallest absolute Gasteiger partial charge is 0.261 e. The van der Waals surface area contributed by atoms with Gasteiger partial charge in [-0.1, -0.05) is 43.7 Å². The van der Waals surface area contributed by atoms with Crippen molar-refractivity contribution in [3.63, 3.8) is 0 Å². The molecule has 2 N–H and O–H groups in total. The number of carbonyl (C=O) groups excluding carboxylic acids is 1. The van der Waals surface area contributed by atoms with Crippen molar-refractivity contribution in [2.45, 2.75) is 58.6 Å². The fourth-order valence-corrected chi connectivity index (χ4v) is 4.12. The van der Waals surface area contributed by atoms with Gasteiger partial charge in [-0.25, -0.2) is 0 Å². The molecule has 0 bridgehead atoms. The van der Waals surface area contributed by atoms with Crippen molar-refractivity contribution in [3.05, 3.63) is 64.8 Å². The highest BCUT2D eigenvalue weighted by atomic mass is 16.5. The normalized spacial score (nSPS) is 17.0. The first kappa shape index (κ1) is 18.6. The number of aromatic amines is 1. The molecule has 0 fully saturated rings. The van der Waals surface area contributed by atoms with E-state index in [4.69, 9.17) is 4.74 Å². The number of hydrogen-bond donors (Lipinski definition) is 2. The molecule has 4 heteroatoms. The monoisotopic (exact) mass is 376 g/mol. The van der Waals surface area contributed by atoms with Gasteiger partial charge in [0, 0.05) is 29.1 Å². The van der Waals surface area contributed by atoms with Crippen LogP contribution in [-0.2, 0) is 17.6 Å². The Bertz CT molecular complexity index is 1020. The van der Waals surface area contributed by atoms with E-state index in [0.717, 1.165) is 24.2 Å². The van der Waals surface area contributed by atoms with Crippen molar-refractivity contribution in [1.82, 2.24) is 10.3 Å². The summed E-state index contributed by atoms with van der Waals surface area (Å²) in [6.07, 6.45) is 1.17. The third-order valence-corrected chi connectivity index (χ3v) is 5.61. The first-order chi connectivity index (χ1) is 13.4. The summed E-state index contributed by atoms with van der Waals surface area (Å²) in [7, 11) is 0. The highest BCUT2D eigenvalue weighted by Gasteiger charge is 2.28. The summed E-state index contributed by atoms with van der Waals surface area (Å²) in [4.78, 5) is 16.2. The number of amides is 1. The van der Waals surface area contributed by atoms with E-state index in [1.807, 2.05) is 25.1 Å². The van der Waals surface area contributed by atoms with Crippen LogP contribution in [0.15, 0.2) is 42.5 Å². The van der Waals surface area contributed by atoms with E-state index in [0.29, 0.717) is 5.92 Å². The van der Waals surface area contributed by atoms with Gasteiger partial charge in [-0.2, -0.15) is 0 Å². The number of ether oxygens (including phenoxy) is 1. The topological polar surface area (TPSA) is 54.1 Å². The van der Waals surface area contributed by atoms with E-state index < -0.39 is 6.10 Å². The van der Waals surface area contributed by atoms with Crippen LogP contribution in [0.5, 0.6) is 5.75 Å². The number of rotatable bonds is 5. The molecule has 4 rings (SSSR count). The van der Waals surface area contributed by atoms with Crippen LogP contribution in [0.3, 0.4) is 0 Å². The number of aryl methyl sites for hydroxylation is 1. The number of nitrogens with one attached hydrogen (secondary N) is 2. The van der Waals surface area contributed by atoms with Gasteiger partial charge in [0.1, 0.15) is 5.75 Å². The van der Waals surface area contributed by atoms with Gasteiger partial charge in [0.2, 0.25) is 0 Å². The standard InChI is InChI=1S/C24H28N2O2/c1-14(2)18-7-5-6-8-23(18)28-16(4)24(27)25-17-12-20-19-11-15(3)9-10-21(19)26-22(20)13-17/h5-11,14,16-17,26H,12-13H2,1-4H3,(H,25,27). The molecule has 4 nitrogen and oxygen atoms in total. The Balaban J connectivity index is 1.42. The minimum absolute atomic E-state index is 0.0609. The molecule has 0 spiro atoms. The molecule has 0 saturated heterocycles. The first-order valence-corrected chi connectivity index (χ1v) is 10.1. The Morgan fingerprint density at radius 2 is 1.93 bits per heavy atom. The van der Waals surface area contributed by atoms with E-state index >= 15 is 0 Å². The number of hydrogen-bond acceptors (Lipinski definition) is 2. The van der Waals surface area contributed by atoms with E-state index in [2.05, 4.69) is 55.3 Å². The summed E-state index contributed by atoms with van der Waals surface area (Å²) in [5, 5.41) is 4.46. The second kappa shape index (κ2) is 7.34. The molecular formula is C24H28N2O2. The summed E-state index contributed by atoms with van der Waals surface area (Å²) in [6.45, 7) is 8.19. The summed E-state index contributed by atoms with van der Waals surface area (Å²) in [5.41, 5.74) is 6.14. The van der Waals surface area contributed by atoms with Gasteiger partial charge in [0.15, 0.2) is 6.10 Å². The average Bonchev–Trinajstić information content (AvgIpc) is 3.19. The molecule has 0 radical (unpaired) electrons. The molecule has 0 aliphatic heterocycles. The van der Waals surface area contributed by atoms with Crippen LogP contribution in [0.25, 0.3) is 10.9 Å². The molecule has 0 saturated carbocycles. The van der Waals surface area contributed by atoms with Crippen LogP contribution >= 0.6 is 0 Å². The summed E-state index contributed by atoms with van der Waals surface area (Å²) < 4.78 is 6.00. The summed E-state index contributed by atoms with van der Waals surface area (Å²) >= 11 is 0. The Kier molecular flexibility index (Phi) is 4.88. The molecule has 2 aromatic carbocycles. The lowest BCUT2D eigenvalue weighted by atomic mass is 10.0. The Labute approximate surface area is 166 Å². The minimum Gasteiger partial charge on any atom is -0.481 e. The van der Waals surface area contributed by atoms with Gasteiger partial charge in [0.25, 0.3) is 5.91 Å². The molecule has 28 heavy (non-hydrogen) atoms. The molecule has 2 unspecified atom stereocenters. The van der Waals surface area contributed by atoms with Crippen LogP contribution in [0, 0.1) is 6.92 Å². The number of aromatic nitrogens is 1. The molecule has 1 aromatic heterocycles. The molecule has 146 valence electrons. The van der Waals surface area contributed by atoms with E-state index in [9.17, 15) is 4.79 Å². The Morgan fingerprint density at radius 3 is 2.71 bits per heavy atom. The lowest BCUT2D eigenvalue weighted by Crippen LogP contribution is -2.43. The highest BCUT2D eigenvalue weighted by Crippen LogP contribution is 2.31. The largest absolute Gasteiger partial charge is 0.481 e. The molecule has 1 aliphatic rings. The summed E-state index contributed by atoms with van der Waals surface area (Å²) in [6, 6.07) is 14.6. The lowest BCUT2D eigenvalue weighted by molar-refractivity contribution is -0.127. The van der Waals surface area contributed by atoms with Crippen LogP contribution in [0.1, 0.15) is 49.1 Å². The maximum absolute atomic E-state index is 12.7. The van der Waals surface area contributed by atoms with Gasteiger partial charge < -0.3 is 15.0 Å². The molecule has 1 aliphatic carbocycles. The third kappa shape index (κ3) is 3.51. The molecule has 3 aromatic rings. The Hall–Kier alpha value is -2.75. The van der Waals surface area contributed by atoms with Crippen molar-refractivity contribution in [1.29, 1.82) is 0 Å². The second-order valence-corrected chi connectivity index (χ2v) is 8.20. The second-order valence-electron chi connectivity index (χ2n) is 8.20. The lowest BCUT2D eigenvalue weighted by Gasteiger charge is -2.20. The van der Waals surface area contributed by atoms with Gasteiger partial charge in [-0.15, -0.1) is 0 Å². The van der Waals surface area contributed by atoms with E-state index in [1.165, 1.54) is 27.7 Å². The van der Waals surface area contributed by atoms with E-state index in [-0.39, 0.29) is 11.9 Å². The number of fused-ring (bicyclic) bond motifs is 3. The quantitative estimate of drug-likeness (QED) is 0.681. The van der Waals surface area contributed by atoms with Crippen molar-refractivity contribution >= 4 is 16.8 Å². The molecule has 1 amide bonds. The zero-order valence-electron chi connectivity index (χ0n) is 17.0. The fraction of sp³-hybridized carbons (Fsp3) is 0.375. The third-order valence-electron chi connectivity index (χ3n) is 5.61. The predicted molar refractivity (Wildman–Crippen MR) is 113 cm³/mol. The SMILES string of the molecule is Cc1ccc2[nH]c3c(c2c1)CC(NC(=O)C(C)Oc1ccccc1C(C)C)C3. The fourth-order valence-electron chi connectivity index (χ4n) is 4.12. The van der Waals surface area contributed by atoms with Crippen molar-refractivity contribution in [2.75, 3.05) is 0 Å². The van der Waals surface area contributed by atoms with Gasteiger partial charge in [0.05, 0.1) is 0 Å². The predicted octanol–water partition coefficient (Wildman–Crippen LogP) is 4.65. The maximum atomic E-state index is 12.7. The van der Waals surface area contributed by atoms with Gasteiger partial charge in [-0.05, 0) is 55.5 Å². The van der Waals surface area contributed by atoms with Crippen molar-refractivity contribution in [3.8, 4) is 5.75 Å². The maximum Gasteiger partial charge on any atom is 0.261 e. The number of H-pyrrole nitrogens is 1. The number of para-hydroxylation sites is 1. The average molecular weight is 377 g/mol. The number of carbonyl (C=O) groups is 1. The summed E-state index contributed by atoms with van der Waals surface area (Å²) in [5.74, 6) is 1.08.